The Morgan fingerprint density at radius 2 is 2.13 bits per heavy atom. The third-order valence-electron chi connectivity index (χ3n) is 2.60. The van der Waals surface area contributed by atoms with Gasteiger partial charge in [0.2, 0.25) is 5.91 Å². The summed E-state index contributed by atoms with van der Waals surface area (Å²) in [4.78, 5) is 13.3. The fraction of sp³-hybridized carbons (Fsp3) is 0.818. The van der Waals surface area contributed by atoms with Gasteiger partial charge in [-0.05, 0) is 34.2 Å². The molecule has 0 aliphatic heterocycles. The minimum absolute atomic E-state index is 0.0357. The van der Waals surface area contributed by atoms with Crippen LogP contribution < -0.4 is 5.32 Å². The van der Waals surface area contributed by atoms with E-state index in [1.165, 1.54) is 0 Å². The zero-order valence-electron chi connectivity index (χ0n) is 10.3. The highest BCUT2D eigenvalue weighted by Gasteiger charge is 2.19. The van der Waals surface area contributed by atoms with Crippen molar-refractivity contribution in [1.82, 2.24) is 10.2 Å². The van der Waals surface area contributed by atoms with Crippen molar-refractivity contribution in [2.24, 2.45) is 0 Å². The molecule has 0 aromatic rings. The van der Waals surface area contributed by atoms with Crippen molar-refractivity contribution in [1.29, 1.82) is 5.26 Å². The zero-order valence-corrected chi connectivity index (χ0v) is 10.3. The van der Waals surface area contributed by atoms with Gasteiger partial charge in [0.15, 0.2) is 0 Å². The summed E-state index contributed by atoms with van der Waals surface area (Å²) >= 11 is 0. The molecule has 0 rings (SSSR count). The lowest BCUT2D eigenvalue weighted by Gasteiger charge is -2.26. The van der Waals surface area contributed by atoms with Gasteiger partial charge in [-0.2, -0.15) is 5.26 Å². The van der Waals surface area contributed by atoms with Crippen LogP contribution >= 0.6 is 0 Å². The number of nitriles is 1. The lowest BCUT2D eigenvalue weighted by atomic mass is 10.0. The van der Waals surface area contributed by atoms with E-state index in [-0.39, 0.29) is 24.0 Å². The summed E-state index contributed by atoms with van der Waals surface area (Å²) in [5.41, 5.74) is -0.173. The van der Waals surface area contributed by atoms with Gasteiger partial charge in [0.1, 0.15) is 0 Å². The molecule has 4 nitrogen and oxygen atoms in total. The normalized spacial score (nSPS) is 13.4. The summed E-state index contributed by atoms with van der Waals surface area (Å²) in [5.74, 6) is -0.0357. The lowest BCUT2D eigenvalue weighted by Crippen LogP contribution is -2.47. The van der Waals surface area contributed by atoms with Gasteiger partial charge < -0.3 is 5.32 Å². The van der Waals surface area contributed by atoms with Crippen LogP contribution in [0.3, 0.4) is 0 Å². The smallest absolute Gasteiger partial charge is 0.234 e. The Labute approximate surface area is 92.3 Å². The molecule has 0 aliphatic rings. The molecule has 1 atom stereocenters. The quantitative estimate of drug-likeness (QED) is 0.741. The molecule has 15 heavy (non-hydrogen) atoms. The van der Waals surface area contributed by atoms with Gasteiger partial charge in [0, 0.05) is 5.54 Å². The highest BCUT2D eigenvalue weighted by atomic mass is 16.2. The van der Waals surface area contributed by atoms with Crippen LogP contribution in [0.1, 0.15) is 34.1 Å². The lowest BCUT2D eigenvalue weighted by molar-refractivity contribution is -0.123. The molecule has 0 radical (unpaired) electrons. The highest BCUT2D eigenvalue weighted by Crippen LogP contribution is 2.06. The number of likely N-dealkylation sites (N-methyl/N-ethyl adjacent to an activating group) is 1. The Kier molecular flexibility index (Phi) is 5.31. The van der Waals surface area contributed by atoms with E-state index in [1.807, 2.05) is 20.8 Å². The van der Waals surface area contributed by atoms with Crippen LogP contribution in [0.25, 0.3) is 0 Å². The average Bonchev–Trinajstić information content (AvgIpc) is 2.15. The molecule has 0 fully saturated rings. The largest absolute Gasteiger partial charge is 0.350 e. The summed E-state index contributed by atoms with van der Waals surface area (Å²) in [5, 5.41) is 11.6. The van der Waals surface area contributed by atoms with E-state index >= 15 is 0 Å². The third-order valence-corrected chi connectivity index (χ3v) is 2.60. The van der Waals surface area contributed by atoms with Crippen LogP contribution in [0.5, 0.6) is 0 Å². The third kappa shape index (κ3) is 5.38. The van der Waals surface area contributed by atoms with Crippen LogP contribution in [-0.4, -0.2) is 36.0 Å². The monoisotopic (exact) mass is 211 g/mol. The van der Waals surface area contributed by atoms with Crippen LogP contribution in [0.4, 0.5) is 0 Å². The molecule has 0 bridgehead atoms. The van der Waals surface area contributed by atoms with Crippen molar-refractivity contribution in [3.05, 3.63) is 0 Å². The first-order valence-corrected chi connectivity index (χ1v) is 5.23. The van der Waals surface area contributed by atoms with Gasteiger partial charge in [-0.3, -0.25) is 9.69 Å². The summed E-state index contributed by atoms with van der Waals surface area (Å²) in [6.45, 7) is 8.04. The van der Waals surface area contributed by atoms with E-state index < -0.39 is 0 Å². The van der Waals surface area contributed by atoms with Gasteiger partial charge in [0.25, 0.3) is 0 Å². The molecule has 1 N–H and O–H groups in total. The fourth-order valence-corrected chi connectivity index (χ4v) is 0.967. The maximum absolute atomic E-state index is 11.6. The summed E-state index contributed by atoms with van der Waals surface area (Å²) in [7, 11) is 1.77. The van der Waals surface area contributed by atoms with E-state index in [9.17, 15) is 4.79 Å². The van der Waals surface area contributed by atoms with Gasteiger partial charge in [-0.15, -0.1) is 0 Å². The van der Waals surface area contributed by atoms with Crippen molar-refractivity contribution in [2.75, 3.05) is 13.6 Å². The molecule has 0 spiro atoms. The Morgan fingerprint density at radius 3 is 2.53 bits per heavy atom. The number of hydrogen-bond acceptors (Lipinski definition) is 3. The van der Waals surface area contributed by atoms with Crippen molar-refractivity contribution >= 4 is 5.91 Å². The molecule has 1 unspecified atom stereocenters. The minimum atomic E-state index is -0.236. The average molecular weight is 211 g/mol. The highest BCUT2D eigenvalue weighted by molar-refractivity contribution is 5.78. The van der Waals surface area contributed by atoms with Gasteiger partial charge in [0.05, 0.1) is 18.7 Å². The Morgan fingerprint density at radius 1 is 1.60 bits per heavy atom. The van der Waals surface area contributed by atoms with E-state index in [0.717, 1.165) is 6.42 Å². The Balaban J connectivity index is 4.11. The first-order chi connectivity index (χ1) is 6.82. The molecule has 1 amide bonds. The number of carbonyl (C=O) groups is 1. The zero-order chi connectivity index (χ0) is 12.1. The second kappa shape index (κ2) is 5.72. The first-order valence-electron chi connectivity index (χ1n) is 5.23. The number of nitrogens with one attached hydrogen (secondary N) is 1. The van der Waals surface area contributed by atoms with Gasteiger partial charge >= 0.3 is 0 Å². The molecule has 0 heterocycles. The topological polar surface area (TPSA) is 56.1 Å². The first kappa shape index (κ1) is 13.9. The molecule has 0 saturated heterocycles. The van der Waals surface area contributed by atoms with Gasteiger partial charge in [-0.1, -0.05) is 6.92 Å². The second-order valence-electron chi connectivity index (χ2n) is 4.51. The van der Waals surface area contributed by atoms with Crippen LogP contribution in [0.15, 0.2) is 0 Å². The van der Waals surface area contributed by atoms with Crippen molar-refractivity contribution in [3.63, 3.8) is 0 Å². The van der Waals surface area contributed by atoms with Crippen molar-refractivity contribution in [3.8, 4) is 6.07 Å². The molecule has 0 saturated carbocycles. The minimum Gasteiger partial charge on any atom is -0.350 e. The van der Waals surface area contributed by atoms with Crippen molar-refractivity contribution in [2.45, 2.75) is 45.7 Å². The molecule has 0 aromatic carbocycles. The van der Waals surface area contributed by atoms with Crippen LogP contribution in [0, 0.1) is 11.3 Å². The summed E-state index contributed by atoms with van der Waals surface area (Å²) in [6, 6.07) is 1.86. The van der Waals surface area contributed by atoms with Crippen molar-refractivity contribution < 1.29 is 4.79 Å². The predicted octanol–water partition coefficient (Wildman–Crippen LogP) is 1.14. The maximum Gasteiger partial charge on any atom is 0.234 e. The standard InChI is InChI=1S/C11H21N3O/c1-6-11(3,4)13-10(15)8-14(5)9(2)7-12/h9H,6,8H2,1-5H3,(H,13,15). The fourth-order valence-electron chi connectivity index (χ4n) is 0.967. The van der Waals surface area contributed by atoms with Crippen LogP contribution in [-0.2, 0) is 4.79 Å². The van der Waals surface area contributed by atoms with E-state index in [0.29, 0.717) is 0 Å². The van der Waals surface area contributed by atoms with E-state index in [2.05, 4.69) is 11.4 Å². The molecule has 0 aliphatic carbocycles. The molecule has 86 valence electrons. The van der Waals surface area contributed by atoms with E-state index in [4.69, 9.17) is 5.26 Å². The number of hydrogen-bond donors (Lipinski definition) is 1. The molecular formula is C11H21N3O. The molecular weight excluding hydrogens is 190 g/mol. The summed E-state index contributed by atoms with van der Waals surface area (Å²) in [6.07, 6.45) is 0.885. The second-order valence-corrected chi connectivity index (χ2v) is 4.51. The maximum atomic E-state index is 11.6. The van der Waals surface area contributed by atoms with Crippen LogP contribution in [0.2, 0.25) is 0 Å². The molecule has 4 heteroatoms. The number of rotatable bonds is 5. The number of amides is 1. The number of carbonyl (C=O) groups excluding carboxylic acids is 1. The predicted molar refractivity (Wildman–Crippen MR) is 60.2 cm³/mol. The Bertz CT molecular complexity index is 255. The Hall–Kier alpha value is -1.08. The SMILES string of the molecule is CCC(C)(C)NC(=O)CN(C)C(C)C#N. The van der Waals surface area contributed by atoms with Gasteiger partial charge in [-0.25, -0.2) is 0 Å². The summed E-state index contributed by atoms with van der Waals surface area (Å²) < 4.78 is 0. The number of nitrogens with zero attached hydrogens (tertiary/aromatic N) is 2. The van der Waals surface area contributed by atoms with E-state index in [1.54, 1.807) is 18.9 Å². The molecule has 0 aromatic heterocycles.